The molecular weight excluding hydrogens is 360 g/mol. The van der Waals surface area contributed by atoms with Gasteiger partial charge in [0.2, 0.25) is 10.0 Å². The summed E-state index contributed by atoms with van der Waals surface area (Å²) in [4.78, 5) is 25.7. The van der Waals surface area contributed by atoms with Gasteiger partial charge in [-0.2, -0.15) is 0 Å². The summed E-state index contributed by atoms with van der Waals surface area (Å²) in [5.74, 6) is -0.841. The van der Waals surface area contributed by atoms with E-state index in [2.05, 4.69) is 4.74 Å². The summed E-state index contributed by atoms with van der Waals surface area (Å²) in [7, 11) is 0.536. The zero-order valence-corrected chi connectivity index (χ0v) is 16.3. The lowest BCUT2D eigenvalue weighted by Gasteiger charge is -2.30. The van der Waals surface area contributed by atoms with Gasteiger partial charge in [-0.25, -0.2) is 12.7 Å². The Bertz CT molecular complexity index is 711. The van der Waals surface area contributed by atoms with E-state index in [1.165, 1.54) is 50.4 Å². The third-order valence-corrected chi connectivity index (χ3v) is 5.88. The average molecular weight is 386 g/mol. The topological polar surface area (TPSA) is 104 Å². The molecule has 8 nitrogen and oxygen atoms in total. The molecule has 0 radical (unpaired) electrons. The number of carbonyl (C=O) groups excluding carboxylic acids is 2. The maximum absolute atomic E-state index is 12.8. The summed E-state index contributed by atoms with van der Waals surface area (Å²) >= 11 is 0. The van der Waals surface area contributed by atoms with Crippen LogP contribution in [0.25, 0.3) is 0 Å². The first-order valence-electron chi connectivity index (χ1n) is 8.20. The van der Waals surface area contributed by atoms with Crippen LogP contribution in [0.2, 0.25) is 0 Å². The number of benzene rings is 1. The van der Waals surface area contributed by atoms with Crippen LogP contribution in [0, 0.1) is 0 Å². The van der Waals surface area contributed by atoms with Crippen molar-refractivity contribution in [2.45, 2.75) is 30.7 Å². The van der Waals surface area contributed by atoms with Crippen LogP contribution in [-0.2, 0) is 19.6 Å². The van der Waals surface area contributed by atoms with E-state index in [1.807, 2.05) is 6.92 Å². The molecule has 26 heavy (non-hydrogen) atoms. The lowest BCUT2D eigenvalue weighted by molar-refractivity contribution is -0.140. The predicted molar refractivity (Wildman–Crippen MR) is 96.1 cm³/mol. The van der Waals surface area contributed by atoms with Crippen LogP contribution in [0.3, 0.4) is 0 Å². The standard InChI is InChI=1S/C17H26N2O6S/c1-5-14(12-20)19(11-10-16(21)25-4)17(22)13-6-8-15(9-7-13)26(23,24)18(2)3/h6-9,14,20H,5,10-12H2,1-4H3. The van der Waals surface area contributed by atoms with E-state index in [0.717, 1.165) is 4.31 Å². The molecule has 1 N–H and O–H groups in total. The van der Waals surface area contributed by atoms with Crippen molar-refractivity contribution in [1.82, 2.24) is 9.21 Å². The molecule has 1 atom stereocenters. The first kappa shape index (κ1) is 22.1. The van der Waals surface area contributed by atoms with E-state index < -0.39 is 22.0 Å². The number of amides is 1. The van der Waals surface area contributed by atoms with Gasteiger partial charge in [-0.05, 0) is 30.7 Å². The number of ether oxygens (including phenoxy) is 1. The highest BCUT2D eigenvalue weighted by atomic mass is 32.2. The minimum Gasteiger partial charge on any atom is -0.469 e. The van der Waals surface area contributed by atoms with E-state index in [9.17, 15) is 23.1 Å². The Morgan fingerprint density at radius 3 is 2.19 bits per heavy atom. The second-order valence-electron chi connectivity index (χ2n) is 5.88. The number of carbonyl (C=O) groups is 2. The number of rotatable bonds is 9. The molecular formula is C17H26N2O6S. The number of nitrogens with zero attached hydrogens (tertiary/aromatic N) is 2. The highest BCUT2D eigenvalue weighted by molar-refractivity contribution is 7.89. The van der Waals surface area contributed by atoms with Gasteiger partial charge in [-0.1, -0.05) is 6.92 Å². The molecule has 0 spiro atoms. The van der Waals surface area contributed by atoms with Crippen molar-refractivity contribution >= 4 is 21.9 Å². The van der Waals surface area contributed by atoms with E-state index in [0.29, 0.717) is 6.42 Å². The third-order valence-electron chi connectivity index (χ3n) is 4.05. The first-order valence-corrected chi connectivity index (χ1v) is 9.64. The van der Waals surface area contributed by atoms with E-state index in [4.69, 9.17) is 0 Å². The van der Waals surface area contributed by atoms with Crippen LogP contribution in [0.1, 0.15) is 30.1 Å². The Hall–Kier alpha value is -1.97. The van der Waals surface area contributed by atoms with Gasteiger partial charge in [0.05, 0.1) is 31.1 Å². The van der Waals surface area contributed by atoms with Crippen molar-refractivity contribution in [3.8, 4) is 0 Å². The van der Waals surface area contributed by atoms with Gasteiger partial charge in [-0.15, -0.1) is 0 Å². The molecule has 0 aliphatic carbocycles. The fourth-order valence-electron chi connectivity index (χ4n) is 2.36. The minimum atomic E-state index is -3.58. The zero-order chi connectivity index (χ0) is 19.9. The van der Waals surface area contributed by atoms with Crippen LogP contribution >= 0.6 is 0 Å². The molecule has 0 bridgehead atoms. The molecule has 1 rings (SSSR count). The lowest BCUT2D eigenvalue weighted by atomic mass is 10.1. The normalized spacial score (nSPS) is 12.7. The number of methoxy groups -OCH3 is 1. The molecule has 0 aliphatic heterocycles. The van der Waals surface area contributed by atoms with Crippen molar-refractivity contribution in [3.05, 3.63) is 29.8 Å². The van der Waals surface area contributed by atoms with Gasteiger partial charge >= 0.3 is 5.97 Å². The summed E-state index contributed by atoms with van der Waals surface area (Å²) < 4.78 is 29.9. The fraction of sp³-hybridized carbons (Fsp3) is 0.529. The highest BCUT2D eigenvalue weighted by Gasteiger charge is 2.25. The van der Waals surface area contributed by atoms with Crippen molar-refractivity contribution in [1.29, 1.82) is 0 Å². The maximum atomic E-state index is 12.8. The largest absolute Gasteiger partial charge is 0.469 e. The molecule has 0 saturated carbocycles. The molecule has 146 valence electrons. The smallest absolute Gasteiger partial charge is 0.307 e. The Kier molecular flexibility index (Phi) is 8.19. The van der Waals surface area contributed by atoms with Crippen LogP contribution in [-0.4, -0.2) is 75.0 Å². The average Bonchev–Trinajstić information content (AvgIpc) is 2.64. The molecule has 0 saturated heterocycles. The van der Waals surface area contributed by atoms with Gasteiger partial charge in [-0.3, -0.25) is 9.59 Å². The van der Waals surface area contributed by atoms with Gasteiger partial charge in [0.15, 0.2) is 0 Å². The molecule has 0 fully saturated rings. The number of hydrogen-bond donors (Lipinski definition) is 1. The summed E-state index contributed by atoms with van der Waals surface area (Å²) in [6.45, 7) is 1.69. The summed E-state index contributed by atoms with van der Waals surface area (Å²) in [5.41, 5.74) is 0.277. The molecule has 1 aromatic rings. The molecule has 0 aromatic heterocycles. The SMILES string of the molecule is CCC(CO)N(CCC(=O)OC)C(=O)c1ccc(S(=O)(=O)N(C)C)cc1. The fourth-order valence-corrected chi connectivity index (χ4v) is 3.26. The molecule has 9 heteroatoms. The van der Waals surface area contributed by atoms with Gasteiger partial charge in [0.25, 0.3) is 5.91 Å². The van der Waals surface area contributed by atoms with E-state index in [1.54, 1.807) is 0 Å². The molecule has 1 unspecified atom stereocenters. The van der Waals surface area contributed by atoms with Gasteiger partial charge in [0, 0.05) is 26.2 Å². The summed E-state index contributed by atoms with van der Waals surface area (Å²) in [6, 6.07) is 5.13. The van der Waals surface area contributed by atoms with Crippen LogP contribution in [0.15, 0.2) is 29.2 Å². The number of esters is 1. The monoisotopic (exact) mass is 386 g/mol. The molecule has 1 aromatic carbocycles. The van der Waals surface area contributed by atoms with E-state index >= 15 is 0 Å². The lowest BCUT2D eigenvalue weighted by Crippen LogP contribution is -2.43. The molecule has 1 amide bonds. The highest BCUT2D eigenvalue weighted by Crippen LogP contribution is 2.17. The quantitative estimate of drug-likeness (QED) is 0.627. The molecule has 0 aliphatic rings. The first-order chi connectivity index (χ1) is 12.2. The summed E-state index contributed by atoms with van der Waals surface area (Å²) in [5, 5.41) is 9.53. The Morgan fingerprint density at radius 1 is 1.19 bits per heavy atom. The maximum Gasteiger partial charge on any atom is 0.307 e. The van der Waals surface area contributed by atoms with Crippen LogP contribution < -0.4 is 0 Å². The number of sulfonamides is 1. The Labute approximate surface area is 154 Å². The van der Waals surface area contributed by atoms with Crippen molar-refractivity contribution in [3.63, 3.8) is 0 Å². The number of hydrogen-bond acceptors (Lipinski definition) is 6. The third kappa shape index (κ3) is 5.26. The van der Waals surface area contributed by atoms with Gasteiger partial charge < -0.3 is 14.7 Å². The second-order valence-corrected chi connectivity index (χ2v) is 8.03. The minimum absolute atomic E-state index is 0.00579. The predicted octanol–water partition coefficient (Wildman–Crippen LogP) is 0.713. The van der Waals surface area contributed by atoms with Crippen LogP contribution in [0.4, 0.5) is 0 Å². The van der Waals surface area contributed by atoms with Crippen molar-refractivity contribution in [2.75, 3.05) is 34.4 Å². The zero-order valence-electron chi connectivity index (χ0n) is 15.5. The number of aliphatic hydroxyl groups excluding tert-OH is 1. The van der Waals surface area contributed by atoms with Crippen LogP contribution in [0.5, 0.6) is 0 Å². The number of aliphatic hydroxyl groups is 1. The van der Waals surface area contributed by atoms with Gasteiger partial charge in [0.1, 0.15) is 0 Å². The summed E-state index contributed by atoms with van der Waals surface area (Å²) in [6.07, 6.45) is 0.516. The van der Waals surface area contributed by atoms with Crippen molar-refractivity contribution in [2.24, 2.45) is 0 Å². The Balaban J connectivity index is 3.08. The Morgan fingerprint density at radius 2 is 1.77 bits per heavy atom. The second kappa shape index (κ2) is 9.65. The molecule has 0 heterocycles. The van der Waals surface area contributed by atoms with Crippen molar-refractivity contribution < 1.29 is 27.9 Å². The van der Waals surface area contributed by atoms with E-state index in [-0.39, 0.29) is 35.9 Å².